The Morgan fingerprint density at radius 1 is 1.08 bits per heavy atom. The third-order valence-electron chi connectivity index (χ3n) is 6.47. The second-order valence-corrected chi connectivity index (χ2v) is 9.48. The molecule has 4 aliphatic rings. The van der Waals surface area contributed by atoms with Gasteiger partial charge in [-0.15, -0.1) is 0 Å². The van der Waals surface area contributed by atoms with Gasteiger partial charge in [-0.25, -0.2) is 4.79 Å². The Kier molecular flexibility index (Phi) is 3.46. The van der Waals surface area contributed by atoms with Crippen molar-refractivity contribution >= 4 is 5.97 Å². The fraction of sp³-hybridized carbons (Fsp3) is 0.591. The van der Waals surface area contributed by atoms with Gasteiger partial charge in [0.1, 0.15) is 6.61 Å². The minimum absolute atomic E-state index is 0.0702. The first-order valence-corrected chi connectivity index (χ1v) is 9.25. The van der Waals surface area contributed by atoms with Crippen molar-refractivity contribution in [1.82, 2.24) is 0 Å². The quantitative estimate of drug-likeness (QED) is 0.691. The van der Waals surface area contributed by atoms with Crippen LogP contribution in [0.4, 0.5) is 0 Å². The smallest absolute Gasteiger partial charge is 0.334 e. The molecule has 128 valence electrons. The van der Waals surface area contributed by atoms with Gasteiger partial charge in [0, 0.05) is 5.57 Å². The van der Waals surface area contributed by atoms with E-state index in [-0.39, 0.29) is 5.97 Å². The highest BCUT2D eigenvalue weighted by molar-refractivity contribution is 5.90. The maximum absolute atomic E-state index is 12.8. The van der Waals surface area contributed by atoms with Gasteiger partial charge in [-0.3, -0.25) is 0 Å². The van der Waals surface area contributed by atoms with Crippen molar-refractivity contribution in [1.29, 1.82) is 0 Å². The highest BCUT2D eigenvalue weighted by atomic mass is 16.5. The average Bonchev–Trinajstić information content (AvgIpc) is 2.49. The van der Waals surface area contributed by atoms with Crippen LogP contribution in [0.1, 0.15) is 64.9 Å². The maximum Gasteiger partial charge on any atom is 0.334 e. The number of ether oxygens (including phenoxy) is 1. The van der Waals surface area contributed by atoms with Crippen molar-refractivity contribution in [2.45, 2.75) is 65.9 Å². The van der Waals surface area contributed by atoms with Gasteiger partial charge >= 0.3 is 5.97 Å². The molecule has 0 aliphatic heterocycles. The van der Waals surface area contributed by atoms with Crippen LogP contribution < -0.4 is 0 Å². The van der Waals surface area contributed by atoms with Crippen molar-refractivity contribution in [2.75, 3.05) is 0 Å². The topological polar surface area (TPSA) is 26.3 Å². The minimum atomic E-state index is -0.0702. The van der Waals surface area contributed by atoms with Crippen molar-refractivity contribution in [2.24, 2.45) is 16.2 Å². The molecule has 1 aromatic carbocycles. The van der Waals surface area contributed by atoms with E-state index in [1.165, 1.54) is 24.8 Å². The number of allylic oxidation sites excluding steroid dienone is 1. The van der Waals surface area contributed by atoms with E-state index >= 15 is 0 Å². The summed E-state index contributed by atoms with van der Waals surface area (Å²) < 4.78 is 5.68. The number of rotatable bonds is 4. The molecule has 2 nitrogen and oxygen atoms in total. The normalized spacial score (nSPS) is 33.5. The zero-order valence-electron chi connectivity index (χ0n) is 15.2. The third kappa shape index (κ3) is 2.60. The number of hydrogen-bond acceptors (Lipinski definition) is 2. The lowest BCUT2D eigenvalue weighted by molar-refractivity contribution is -0.169. The summed E-state index contributed by atoms with van der Waals surface area (Å²) >= 11 is 0. The average molecular weight is 324 g/mol. The van der Waals surface area contributed by atoms with Crippen LogP contribution in [0.25, 0.3) is 0 Å². The van der Waals surface area contributed by atoms with E-state index in [0.717, 1.165) is 30.4 Å². The molecule has 3 fully saturated rings. The highest BCUT2D eigenvalue weighted by Gasteiger charge is 2.67. The molecule has 0 heterocycles. The van der Waals surface area contributed by atoms with E-state index in [2.05, 4.69) is 20.8 Å². The molecule has 0 atom stereocenters. The predicted octanol–water partition coefficient (Wildman–Crippen LogP) is 5.43. The number of carbonyl (C=O) groups excluding carboxylic acids is 1. The highest BCUT2D eigenvalue weighted by Crippen LogP contribution is 2.77. The van der Waals surface area contributed by atoms with Gasteiger partial charge < -0.3 is 4.74 Å². The molecular weight excluding hydrogens is 296 g/mol. The van der Waals surface area contributed by atoms with E-state index in [0.29, 0.717) is 22.9 Å². The summed E-state index contributed by atoms with van der Waals surface area (Å²) in [5.74, 6) is -0.0702. The largest absolute Gasteiger partial charge is 0.457 e. The summed E-state index contributed by atoms with van der Waals surface area (Å²) in [6.45, 7) is 7.44. The van der Waals surface area contributed by atoms with Gasteiger partial charge in [-0.1, -0.05) is 56.7 Å². The van der Waals surface area contributed by atoms with E-state index in [1.54, 1.807) is 0 Å². The fourth-order valence-corrected chi connectivity index (χ4v) is 5.45. The lowest BCUT2D eigenvalue weighted by Gasteiger charge is -2.72. The SMILES string of the molecule is CC1(C)CCC(C(=O)OCc2ccccc2)=C(C23CC(C)(C2)C3)C1. The summed E-state index contributed by atoms with van der Waals surface area (Å²) in [6.07, 6.45) is 6.87. The number of hydrogen-bond donors (Lipinski definition) is 0. The molecule has 0 N–H and O–H groups in total. The first kappa shape index (κ1) is 15.9. The Morgan fingerprint density at radius 3 is 2.38 bits per heavy atom. The molecule has 4 aliphatic carbocycles. The molecule has 0 spiro atoms. The van der Waals surface area contributed by atoms with Crippen LogP contribution in [0.2, 0.25) is 0 Å². The molecule has 0 unspecified atom stereocenters. The Balaban J connectivity index is 1.54. The Hall–Kier alpha value is -1.57. The van der Waals surface area contributed by atoms with E-state index in [1.807, 2.05) is 30.3 Å². The van der Waals surface area contributed by atoms with Gasteiger partial charge in [0.25, 0.3) is 0 Å². The van der Waals surface area contributed by atoms with Crippen LogP contribution in [-0.2, 0) is 16.1 Å². The molecule has 0 saturated heterocycles. The van der Waals surface area contributed by atoms with E-state index in [9.17, 15) is 4.79 Å². The summed E-state index contributed by atoms with van der Waals surface area (Å²) in [7, 11) is 0. The summed E-state index contributed by atoms with van der Waals surface area (Å²) in [4.78, 5) is 12.8. The van der Waals surface area contributed by atoms with Crippen LogP contribution in [0.5, 0.6) is 0 Å². The molecule has 3 saturated carbocycles. The van der Waals surface area contributed by atoms with Gasteiger partial charge in [-0.2, -0.15) is 0 Å². The van der Waals surface area contributed by atoms with Gasteiger partial charge in [0.05, 0.1) is 0 Å². The molecule has 2 heteroatoms. The van der Waals surface area contributed by atoms with Crippen molar-refractivity contribution in [3.8, 4) is 0 Å². The molecule has 5 rings (SSSR count). The standard InChI is InChI=1S/C22H28O2/c1-20(2)10-9-17(18(11-20)22-13-21(3,14-22)15-22)19(23)24-12-16-7-5-4-6-8-16/h4-8H,9-15H2,1-3H3. The zero-order chi connectivity index (χ0) is 17.0. The van der Waals surface area contributed by atoms with Crippen molar-refractivity contribution in [3.63, 3.8) is 0 Å². The fourth-order valence-electron chi connectivity index (χ4n) is 5.45. The molecule has 2 bridgehead atoms. The Morgan fingerprint density at radius 2 is 1.75 bits per heavy atom. The van der Waals surface area contributed by atoms with Crippen LogP contribution in [0, 0.1) is 16.2 Å². The zero-order valence-corrected chi connectivity index (χ0v) is 15.2. The van der Waals surface area contributed by atoms with Crippen LogP contribution in [0.15, 0.2) is 41.5 Å². The van der Waals surface area contributed by atoms with Gasteiger partial charge in [0.15, 0.2) is 0 Å². The molecule has 1 aromatic rings. The minimum Gasteiger partial charge on any atom is -0.457 e. The lowest BCUT2D eigenvalue weighted by Crippen LogP contribution is -2.61. The summed E-state index contributed by atoms with van der Waals surface area (Å²) in [5.41, 5.74) is 4.73. The van der Waals surface area contributed by atoms with E-state index < -0.39 is 0 Å². The summed E-state index contributed by atoms with van der Waals surface area (Å²) in [5, 5.41) is 0. The maximum atomic E-state index is 12.8. The first-order valence-electron chi connectivity index (χ1n) is 9.25. The summed E-state index contributed by atoms with van der Waals surface area (Å²) in [6, 6.07) is 9.97. The lowest BCUT2D eigenvalue weighted by atomic mass is 9.33. The third-order valence-corrected chi connectivity index (χ3v) is 6.47. The van der Waals surface area contributed by atoms with Crippen molar-refractivity contribution in [3.05, 3.63) is 47.0 Å². The second kappa shape index (κ2) is 5.21. The first-order chi connectivity index (χ1) is 11.3. The number of benzene rings is 1. The molecule has 0 aromatic heterocycles. The molecule has 24 heavy (non-hydrogen) atoms. The van der Waals surface area contributed by atoms with Gasteiger partial charge in [0.2, 0.25) is 0 Å². The number of esters is 1. The van der Waals surface area contributed by atoms with Crippen LogP contribution in [-0.4, -0.2) is 5.97 Å². The van der Waals surface area contributed by atoms with Crippen LogP contribution in [0.3, 0.4) is 0 Å². The van der Waals surface area contributed by atoms with Crippen LogP contribution >= 0.6 is 0 Å². The molecular formula is C22H28O2. The molecule has 0 amide bonds. The van der Waals surface area contributed by atoms with Crippen molar-refractivity contribution < 1.29 is 9.53 Å². The second-order valence-electron chi connectivity index (χ2n) is 9.48. The van der Waals surface area contributed by atoms with Gasteiger partial charge in [-0.05, 0) is 60.3 Å². The predicted molar refractivity (Wildman–Crippen MR) is 95.3 cm³/mol. The number of carbonyl (C=O) groups is 1. The Labute approximate surface area is 145 Å². The monoisotopic (exact) mass is 324 g/mol. The Bertz CT molecular complexity index is 676. The molecule has 0 radical (unpaired) electrons. The van der Waals surface area contributed by atoms with E-state index in [4.69, 9.17) is 4.74 Å².